The molecule has 0 saturated heterocycles. The SMILES string of the molecule is CCOC(=O)c1nn(CC)c2c1CN(C(=O)c1ccc3cc[nH]c3c1)CC2. The van der Waals surface area contributed by atoms with E-state index >= 15 is 0 Å². The van der Waals surface area contributed by atoms with Crippen molar-refractivity contribution in [3.05, 3.63) is 53.0 Å². The van der Waals surface area contributed by atoms with Gasteiger partial charge in [0.2, 0.25) is 0 Å². The number of carbonyl (C=O) groups excluding carboxylic acids is 2. The third-order valence-electron chi connectivity index (χ3n) is 4.99. The summed E-state index contributed by atoms with van der Waals surface area (Å²) in [6.07, 6.45) is 2.53. The number of ether oxygens (including phenoxy) is 1. The minimum absolute atomic E-state index is 0.0452. The summed E-state index contributed by atoms with van der Waals surface area (Å²) in [5, 5.41) is 5.50. The van der Waals surface area contributed by atoms with Crippen LogP contribution in [0.4, 0.5) is 0 Å². The largest absolute Gasteiger partial charge is 0.461 e. The van der Waals surface area contributed by atoms with Crippen molar-refractivity contribution in [3.63, 3.8) is 0 Å². The number of hydrogen-bond donors (Lipinski definition) is 1. The Morgan fingerprint density at radius 3 is 2.89 bits per heavy atom. The Morgan fingerprint density at radius 2 is 2.11 bits per heavy atom. The van der Waals surface area contributed by atoms with Gasteiger partial charge in [0, 0.05) is 48.0 Å². The second kappa shape index (κ2) is 6.90. The van der Waals surface area contributed by atoms with Gasteiger partial charge in [-0.05, 0) is 37.4 Å². The molecule has 0 aliphatic carbocycles. The van der Waals surface area contributed by atoms with Gasteiger partial charge in [0.1, 0.15) is 0 Å². The zero-order valence-electron chi connectivity index (χ0n) is 15.5. The number of aryl methyl sites for hydroxylation is 1. The maximum atomic E-state index is 13.0. The van der Waals surface area contributed by atoms with Gasteiger partial charge < -0.3 is 14.6 Å². The van der Waals surface area contributed by atoms with Gasteiger partial charge >= 0.3 is 5.97 Å². The summed E-state index contributed by atoms with van der Waals surface area (Å²) in [4.78, 5) is 30.2. The van der Waals surface area contributed by atoms with E-state index in [9.17, 15) is 9.59 Å². The molecule has 2 aromatic heterocycles. The first-order valence-corrected chi connectivity index (χ1v) is 9.24. The molecule has 1 aliphatic heterocycles. The summed E-state index contributed by atoms with van der Waals surface area (Å²) in [7, 11) is 0. The van der Waals surface area contributed by atoms with E-state index in [-0.39, 0.29) is 5.91 Å². The van der Waals surface area contributed by atoms with Crippen LogP contribution in [-0.2, 0) is 24.2 Å². The van der Waals surface area contributed by atoms with Gasteiger partial charge in [-0.2, -0.15) is 5.10 Å². The lowest BCUT2D eigenvalue weighted by atomic mass is 10.0. The highest BCUT2D eigenvalue weighted by Crippen LogP contribution is 2.25. The smallest absolute Gasteiger partial charge is 0.359 e. The molecule has 7 nitrogen and oxygen atoms in total. The van der Waals surface area contributed by atoms with E-state index in [1.54, 1.807) is 11.8 Å². The molecular formula is C20H22N4O3. The van der Waals surface area contributed by atoms with E-state index < -0.39 is 5.97 Å². The molecule has 0 unspecified atom stereocenters. The molecule has 7 heteroatoms. The number of fused-ring (bicyclic) bond motifs is 2. The Labute approximate surface area is 156 Å². The predicted molar refractivity (Wildman–Crippen MR) is 101 cm³/mol. The van der Waals surface area contributed by atoms with Gasteiger partial charge in [0.25, 0.3) is 5.91 Å². The molecular weight excluding hydrogens is 344 g/mol. The quantitative estimate of drug-likeness (QED) is 0.720. The van der Waals surface area contributed by atoms with Crippen molar-refractivity contribution in [2.45, 2.75) is 33.4 Å². The first-order chi connectivity index (χ1) is 13.1. The van der Waals surface area contributed by atoms with Crippen molar-refractivity contribution < 1.29 is 14.3 Å². The first kappa shape index (κ1) is 17.3. The number of aromatic nitrogens is 3. The lowest BCUT2D eigenvalue weighted by Crippen LogP contribution is -2.36. The third-order valence-corrected chi connectivity index (χ3v) is 4.99. The summed E-state index contributed by atoms with van der Waals surface area (Å²) < 4.78 is 6.99. The van der Waals surface area contributed by atoms with Crippen molar-refractivity contribution in [1.82, 2.24) is 19.7 Å². The van der Waals surface area contributed by atoms with Crippen LogP contribution in [0.2, 0.25) is 0 Å². The number of H-pyrrole nitrogens is 1. The summed E-state index contributed by atoms with van der Waals surface area (Å²) in [5.41, 5.74) is 3.71. The molecule has 4 rings (SSSR count). The number of aromatic amines is 1. The number of rotatable bonds is 4. The average molecular weight is 366 g/mol. The number of hydrogen-bond acceptors (Lipinski definition) is 4. The van der Waals surface area contributed by atoms with Crippen LogP contribution >= 0.6 is 0 Å². The maximum Gasteiger partial charge on any atom is 0.359 e. The molecule has 3 aromatic rings. The van der Waals surface area contributed by atoms with Gasteiger partial charge in [-0.3, -0.25) is 9.48 Å². The second-order valence-electron chi connectivity index (χ2n) is 6.57. The molecule has 3 heterocycles. The van der Waals surface area contributed by atoms with E-state index in [0.29, 0.717) is 43.9 Å². The Kier molecular flexibility index (Phi) is 4.43. The lowest BCUT2D eigenvalue weighted by molar-refractivity contribution is 0.0513. The summed E-state index contributed by atoms with van der Waals surface area (Å²) in [6, 6.07) is 7.62. The predicted octanol–water partition coefficient (Wildman–Crippen LogP) is 2.76. The summed E-state index contributed by atoms with van der Waals surface area (Å²) in [6.45, 7) is 5.71. The Morgan fingerprint density at radius 1 is 1.26 bits per heavy atom. The summed E-state index contributed by atoms with van der Waals surface area (Å²) in [5.74, 6) is -0.473. The zero-order chi connectivity index (χ0) is 19.0. The number of nitrogens with one attached hydrogen (secondary N) is 1. The van der Waals surface area contributed by atoms with E-state index in [1.807, 2.05) is 42.1 Å². The van der Waals surface area contributed by atoms with Crippen molar-refractivity contribution in [2.24, 2.45) is 0 Å². The Bertz CT molecular complexity index is 1020. The van der Waals surface area contributed by atoms with Crippen LogP contribution < -0.4 is 0 Å². The highest BCUT2D eigenvalue weighted by atomic mass is 16.5. The van der Waals surface area contributed by atoms with Gasteiger partial charge in [0.15, 0.2) is 5.69 Å². The normalized spacial score (nSPS) is 13.6. The molecule has 1 N–H and O–H groups in total. The van der Waals surface area contributed by atoms with Crippen molar-refractivity contribution >= 4 is 22.8 Å². The van der Waals surface area contributed by atoms with Crippen LogP contribution in [-0.4, -0.2) is 44.7 Å². The molecule has 1 amide bonds. The van der Waals surface area contributed by atoms with Crippen LogP contribution in [0.15, 0.2) is 30.5 Å². The van der Waals surface area contributed by atoms with E-state index in [0.717, 1.165) is 22.2 Å². The van der Waals surface area contributed by atoms with Crippen LogP contribution in [0.5, 0.6) is 0 Å². The molecule has 1 aliphatic rings. The van der Waals surface area contributed by atoms with Crippen molar-refractivity contribution in [3.8, 4) is 0 Å². The standard InChI is InChI=1S/C20H22N4O3/c1-3-24-17-8-10-23(12-15(17)18(22-24)20(26)27-4-2)19(25)14-6-5-13-7-9-21-16(13)11-14/h5-7,9,11,21H,3-4,8,10,12H2,1-2H3. The average Bonchev–Trinajstić information content (AvgIpc) is 3.30. The molecule has 27 heavy (non-hydrogen) atoms. The summed E-state index contributed by atoms with van der Waals surface area (Å²) >= 11 is 0. The fraction of sp³-hybridized carbons (Fsp3) is 0.350. The van der Waals surface area contributed by atoms with Crippen LogP contribution in [0.25, 0.3) is 10.9 Å². The molecule has 0 fully saturated rings. The van der Waals surface area contributed by atoms with Gasteiger partial charge in [-0.25, -0.2) is 4.79 Å². The number of esters is 1. The molecule has 140 valence electrons. The van der Waals surface area contributed by atoms with E-state index in [1.165, 1.54) is 0 Å². The Balaban J connectivity index is 1.64. The number of benzene rings is 1. The first-order valence-electron chi connectivity index (χ1n) is 9.24. The van der Waals surface area contributed by atoms with E-state index in [4.69, 9.17) is 4.74 Å². The zero-order valence-corrected chi connectivity index (χ0v) is 15.5. The fourth-order valence-corrected chi connectivity index (χ4v) is 3.65. The van der Waals surface area contributed by atoms with Crippen molar-refractivity contribution in [2.75, 3.05) is 13.2 Å². The molecule has 1 aromatic carbocycles. The highest BCUT2D eigenvalue weighted by molar-refractivity contribution is 5.98. The highest BCUT2D eigenvalue weighted by Gasteiger charge is 2.30. The minimum atomic E-state index is -0.428. The molecule has 0 saturated carbocycles. The van der Waals surface area contributed by atoms with Gasteiger partial charge in [-0.1, -0.05) is 6.07 Å². The minimum Gasteiger partial charge on any atom is -0.461 e. The van der Waals surface area contributed by atoms with Gasteiger partial charge in [-0.15, -0.1) is 0 Å². The molecule has 0 spiro atoms. The van der Waals surface area contributed by atoms with Crippen LogP contribution in [0, 0.1) is 0 Å². The van der Waals surface area contributed by atoms with Gasteiger partial charge in [0.05, 0.1) is 13.2 Å². The monoisotopic (exact) mass is 366 g/mol. The Hall–Kier alpha value is -3.09. The number of amides is 1. The van der Waals surface area contributed by atoms with Crippen molar-refractivity contribution in [1.29, 1.82) is 0 Å². The number of nitrogens with zero attached hydrogens (tertiary/aromatic N) is 3. The molecule has 0 radical (unpaired) electrons. The topological polar surface area (TPSA) is 80.2 Å². The van der Waals surface area contributed by atoms with Crippen LogP contribution in [0.1, 0.15) is 46.0 Å². The fourth-order valence-electron chi connectivity index (χ4n) is 3.65. The molecule has 0 bridgehead atoms. The number of carbonyl (C=O) groups is 2. The van der Waals surface area contributed by atoms with E-state index in [2.05, 4.69) is 10.1 Å². The second-order valence-corrected chi connectivity index (χ2v) is 6.57. The van der Waals surface area contributed by atoms with Crippen LogP contribution in [0.3, 0.4) is 0 Å². The third kappa shape index (κ3) is 2.99. The maximum absolute atomic E-state index is 13.0. The lowest BCUT2D eigenvalue weighted by Gasteiger charge is -2.28. The molecule has 0 atom stereocenters.